The Labute approximate surface area is 214 Å². The fraction of sp³-hybridized carbons (Fsp3) is 0.357. The summed E-state index contributed by atoms with van der Waals surface area (Å²) in [7, 11) is 0. The Morgan fingerprint density at radius 2 is 1.86 bits per heavy atom. The molecule has 1 aliphatic carbocycles. The van der Waals surface area contributed by atoms with Gasteiger partial charge in [0.05, 0.1) is 17.4 Å². The van der Waals surface area contributed by atoms with Crippen LogP contribution in [-0.4, -0.2) is 32.7 Å². The normalized spacial score (nSPS) is 13.1. The number of rotatable bonds is 6. The predicted molar refractivity (Wildman–Crippen MR) is 143 cm³/mol. The van der Waals surface area contributed by atoms with E-state index in [1.807, 2.05) is 26.8 Å². The van der Waals surface area contributed by atoms with E-state index in [9.17, 15) is 9.59 Å². The minimum Gasteiger partial charge on any atom is -0.459 e. The van der Waals surface area contributed by atoms with Crippen molar-refractivity contribution in [2.24, 2.45) is 0 Å². The van der Waals surface area contributed by atoms with Crippen molar-refractivity contribution in [3.05, 3.63) is 63.8 Å². The number of hydrogen-bond acceptors (Lipinski definition) is 6. The molecule has 0 aliphatic heterocycles. The number of thiophene rings is 1. The number of aromatic nitrogens is 3. The summed E-state index contributed by atoms with van der Waals surface area (Å²) in [6.07, 6.45) is 5.40. The van der Waals surface area contributed by atoms with E-state index in [1.165, 1.54) is 16.9 Å². The maximum absolute atomic E-state index is 13.2. The predicted octanol–water partition coefficient (Wildman–Crippen LogP) is 5.86. The molecule has 186 valence electrons. The topological polar surface area (TPSA) is 86.1 Å². The molecule has 0 bridgehead atoms. The summed E-state index contributed by atoms with van der Waals surface area (Å²) in [6, 6.07) is 10.3. The first-order valence-corrected chi connectivity index (χ1v) is 13.2. The zero-order chi connectivity index (χ0) is 25.4. The molecule has 36 heavy (non-hydrogen) atoms. The molecule has 0 radical (unpaired) electrons. The third-order valence-corrected chi connectivity index (χ3v) is 7.64. The van der Waals surface area contributed by atoms with E-state index in [1.54, 1.807) is 10.9 Å². The van der Waals surface area contributed by atoms with E-state index in [2.05, 4.69) is 46.6 Å². The highest BCUT2D eigenvalue weighted by Crippen LogP contribution is 2.39. The number of carbonyl (C=O) groups excluding carboxylic acids is 2. The van der Waals surface area contributed by atoms with Crippen LogP contribution in [0.3, 0.4) is 0 Å². The minimum atomic E-state index is -0.371. The lowest BCUT2D eigenvalue weighted by atomic mass is 9.95. The van der Waals surface area contributed by atoms with Gasteiger partial charge in [0.1, 0.15) is 11.5 Å². The Kier molecular flexibility index (Phi) is 6.62. The molecule has 5 rings (SSSR count). The summed E-state index contributed by atoms with van der Waals surface area (Å²) in [6.45, 7) is 7.65. The molecule has 4 aromatic rings. The maximum Gasteiger partial charge on any atom is 0.341 e. The molecule has 0 fully saturated rings. The number of benzene rings is 1. The summed E-state index contributed by atoms with van der Waals surface area (Å²) < 4.78 is 7.15. The van der Waals surface area contributed by atoms with Crippen molar-refractivity contribution in [1.82, 2.24) is 14.8 Å². The SMILES string of the molecule is Cc1ccc(-c2ccnc3c2c(C)nn3CC(=O)Nc2sc3c(c2C(=O)OC(C)C)CCCC3)cc1. The largest absolute Gasteiger partial charge is 0.459 e. The van der Waals surface area contributed by atoms with Gasteiger partial charge >= 0.3 is 5.97 Å². The number of aryl methyl sites for hydroxylation is 3. The summed E-state index contributed by atoms with van der Waals surface area (Å²) in [5.74, 6) is -0.622. The summed E-state index contributed by atoms with van der Waals surface area (Å²) in [5.41, 5.74) is 6.32. The van der Waals surface area contributed by atoms with Crippen LogP contribution in [0.4, 0.5) is 5.00 Å². The van der Waals surface area contributed by atoms with Crippen LogP contribution in [0.5, 0.6) is 0 Å². The molecule has 8 heteroatoms. The smallest absolute Gasteiger partial charge is 0.341 e. The third-order valence-electron chi connectivity index (χ3n) is 6.44. The number of ether oxygens (including phenoxy) is 1. The van der Waals surface area contributed by atoms with Gasteiger partial charge in [-0.1, -0.05) is 29.8 Å². The molecule has 0 atom stereocenters. The highest BCUT2D eigenvalue weighted by atomic mass is 32.1. The second-order valence-corrected chi connectivity index (χ2v) is 10.7. The molecule has 7 nitrogen and oxygen atoms in total. The third kappa shape index (κ3) is 4.65. The van der Waals surface area contributed by atoms with Crippen molar-refractivity contribution in [3.63, 3.8) is 0 Å². The number of amides is 1. The van der Waals surface area contributed by atoms with E-state index in [4.69, 9.17) is 4.74 Å². The van der Waals surface area contributed by atoms with Crippen molar-refractivity contribution in [3.8, 4) is 11.1 Å². The van der Waals surface area contributed by atoms with Crippen molar-refractivity contribution in [2.45, 2.75) is 66.0 Å². The van der Waals surface area contributed by atoms with Crippen LogP contribution in [0.15, 0.2) is 36.5 Å². The molecule has 0 saturated heterocycles. The number of hydrogen-bond donors (Lipinski definition) is 1. The molecule has 0 spiro atoms. The van der Waals surface area contributed by atoms with E-state index in [0.717, 1.165) is 58.3 Å². The zero-order valence-corrected chi connectivity index (χ0v) is 21.9. The van der Waals surface area contributed by atoms with Crippen LogP contribution in [0.25, 0.3) is 22.2 Å². The van der Waals surface area contributed by atoms with Gasteiger partial charge in [0.25, 0.3) is 0 Å². The monoisotopic (exact) mass is 502 g/mol. The Balaban J connectivity index is 1.44. The van der Waals surface area contributed by atoms with Crippen LogP contribution in [-0.2, 0) is 28.9 Å². The van der Waals surface area contributed by atoms with Crippen LogP contribution < -0.4 is 5.32 Å². The van der Waals surface area contributed by atoms with Crippen LogP contribution in [0, 0.1) is 13.8 Å². The Bertz CT molecular complexity index is 1450. The van der Waals surface area contributed by atoms with Crippen LogP contribution in [0.2, 0.25) is 0 Å². The number of nitrogens with one attached hydrogen (secondary N) is 1. The van der Waals surface area contributed by atoms with Gasteiger partial charge in [-0.2, -0.15) is 5.10 Å². The number of esters is 1. The Hall–Kier alpha value is -3.52. The molecule has 1 N–H and O–H groups in total. The van der Waals surface area contributed by atoms with Crippen molar-refractivity contribution < 1.29 is 14.3 Å². The number of fused-ring (bicyclic) bond motifs is 2. The van der Waals surface area contributed by atoms with Crippen molar-refractivity contribution >= 4 is 39.2 Å². The van der Waals surface area contributed by atoms with Crippen molar-refractivity contribution in [1.29, 1.82) is 0 Å². The zero-order valence-electron chi connectivity index (χ0n) is 21.1. The van der Waals surface area contributed by atoms with Crippen LogP contribution in [0.1, 0.15) is 58.7 Å². The minimum absolute atomic E-state index is 0.00404. The molecule has 0 unspecified atom stereocenters. The second-order valence-electron chi connectivity index (χ2n) is 9.58. The quantitative estimate of drug-likeness (QED) is 0.334. The van der Waals surface area contributed by atoms with E-state index in [0.29, 0.717) is 16.2 Å². The lowest BCUT2D eigenvalue weighted by molar-refractivity contribution is -0.116. The molecule has 0 saturated carbocycles. The molecule has 3 aromatic heterocycles. The first-order chi connectivity index (χ1) is 17.3. The molecule has 1 aliphatic rings. The van der Waals surface area contributed by atoms with E-state index in [-0.39, 0.29) is 24.5 Å². The molecule has 1 amide bonds. The van der Waals surface area contributed by atoms with Gasteiger partial charge in [0.2, 0.25) is 5.91 Å². The van der Waals surface area contributed by atoms with Gasteiger partial charge in [0, 0.05) is 16.5 Å². The van der Waals surface area contributed by atoms with E-state index < -0.39 is 0 Å². The fourth-order valence-corrected chi connectivity index (χ4v) is 6.10. The van der Waals surface area contributed by atoms with Gasteiger partial charge in [-0.15, -0.1) is 11.3 Å². The number of nitrogens with zero attached hydrogens (tertiary/aromatic N) is 3. The summed E-state index contributed by atoms with van der Waals surface area (Å²) >= 11 is 1.49. The molecular weight excluding hydrogens is 472 g/mol. The van der Waals surface area contributed by atoms with Gasteiger partial charge in [-0.3, -0.25) is 4.79 Å². The standard InChI is InChI=1S/C28H30N4O3S/c1-16(2)35-28(34)25-21-7-5-6-8-22(21)36-27(25)30-23(33)15-32-26-24(18(4)31-32)20(13-14-29-26)19-11-9-17(3)10-12-19/h9-14,16H,5-8,15H2,1-4H3,(H,30,33). The Morgan fingerprint density at radius 3 is 2.61 bits per heavy atom. The number of pyridine rings is 1. The average Bonchev–Trinajstić information content (AvgIpc) is 3.36. The average molecular weight is 503 g/mol. The van der Waals surface area contributed by atoms with Gasteiger partial charge < -0.3 is 10.1 Å². The molecular formula is C28H30N4O3S. The first kappa shape index (κ1) is 24.2. The lowest BCUT2D eigenvalue weighted by Crippen LogP contribution is -2.21. The summed E-state index contributed by atoms with van der Waals surface area (Å²) in [5, 5.41) is 9.13. The highest BCUT2D eigenvalue weighted by Gasteiger charge is 2.28. The van der Waals surface area contributed by atoms with Gasteiger partial charge in [-0.25, -0.2) is 14.5 Å². The van der Waals surface area contributed by atoms with Gasteiger partial charge in [0.15, 0.2) is 5.65 Å². The van der Waals surface area contributed by atoms with Crippen LogP contribution >= 0.6 is 11.3 Å². The van der Waals surface area contributed by atoms with Crippen molar-refractivity contribution in [2.75, 3.05) is 5.32 Å². The molecule has 1 aromatic carbocycles. The second kappa shape index (κ2) is 9.85. The summed E-state index contributed by atoms with van der Waals surface area (Å²) in [4.78, 5) is 31.8. The first-order valence-electron chi connectivity index (χ1n) is 12.4. The number of carbonyl (C=O) groups is 2. The number of anilines is 1. The fourth-order valence-electron chi connectivity index (χ4n) is 4.81. The lowest BCUT2D eigenvalue weighted by Gasteiger charge is -2.14. The highest BCUT2D eigenvalue weighted by molar-refractivity contribution is 7.17. The maximum atomic E-state index is 13.2. The molecule has 3 heterocycles. The van der Waals surface area contributed by atoms with E-state index >= 15 is 0 Å². The van der Waals surface area contributed by atoms with Gasteiger partial charge in [-0.05, 0) is 76.1 Å². The Morgan fingerprint density at radius 1 is 1.11 bits per heavy atom.